The van der Waals surface area contributed by atoms with Crippen molar-refractivity contribution in [2.45, 2.75) is 45.3 Å². The number of piperazine rings is 1. The van der Waals surface area contributed by atoms with Crippen LogP contribution < -0.4 is 15.9 Å². The molecular formula is C34H35ClFN5O5. The average molecular weight is 648 g/mol. The van der Waals surface area contributed by atoms with Gasteiger partial charge >= 0.3 is 12.2 Å². The van der Waals surface area contributed by atoms with E-state index < -0.39 is 35.2 Å². The first kappa shape index (κ1) is 31.3. The van der Waals surface area contributed by atoms with Gasteiger partial charge in [-0.3, -0.25) is 4.79 Å². The predicted octanol–water partition coefficient (Wildman–Crippen LogP) is 5.98. The second-order valence-corrected chi connectivity index (χ2v) is 12.9. The van der Waals surface area contributed by atoms with E-state index in [4.69, 9.17) is 21.1 Å². The van der Waals surface area contributed by atoms with Crippen molar-refractivity contribution in [2.24, 2.45) is 0 Å². The van der Waals surface area contributed by atoms with Gasteiger partial charge in [0.2, 0.25) is 0 Å². The molecule has 2 heterocycles. The van der Waals surface area contributed by atoms with E-state index in [2.05, 4.69) is 22.4 Å². The minimum Gasteiger partial charge on any atom is -0.449 e. The Kier molecular flexibility index (Phi) is 8.37. The molecule has 10 nitrogen and oxygen atoms in total. The SMILES string of the molecule is C[C@H](NC(=O)OCC1c2ccccc2-c2ccccc21)c1nc2c(F)ccc(Cl)c2c(=O)n1N1CCN(C(=O)OC(C)(C)C)CC1. The molecule has 1 N–H and O–H groups in total. The number of hydrogen-bond donors (Lipinski definition) is 1. The summed E-state index contributed by atoms with van der Waals surface area (Å²) in [4.78, 5) is 45.8. The molecule has 12 heteroatoms. The molecule has 0 radical (unpaired) electrons. The molecule has 0 bridgehead atoms. The molecule has 0 saturated carbocycles. The van der Waals surface area contributed by atoms with Gasteiger partial charge in [0, 0.05) is 19.0 Å². The van der Waals surface area contributed by atoms with Crippen LogP contribution in [-0.4, -0.2) is 65.1 Å². The molecule has 1 fully saturated rings. The molecule has 240 valence electrons. The van der Waals surface area contributed by atoms with Gasteiger partial charge in [-0.05, 0) is 62.1 Å². The monoisotopic (exact) mass is 647 g/mol. The number of hydrogen-bond acceptors (Lipinski definition) is 7. The van der Waals surface area contributed by atoms with Gasteiger partial charge in [-0.25, -0.2) is 23.6 Å². The Hall–Kier alpha value is -4.64. The molecule has 2 amide bonds. The van der Waals surface area contributed by atoms with Crippen LogP contribution in [-0.2, 0) is 9.47 Å². The van der Waals surface area contributed by atoms with Crippen LogP contribution in [0.5, 0.6) is 0 Å². The summed E-state index contributed by atoms with van der Waals surface area (Å²) in [6, 6.07) is 17.7. The van der Waals surface area contributed by atoms with E-state index in [1.807, 2.05) is 36.4 Å². The van der Waals surface area contributed by atoms with Crippen molar-refractivity contribution in [3.05, 3.63) is 98.8 Å². The van der Waals surface area contributed by atoms with Crippen molar-refractivity contribution in [2.75, 3.05) is 37.8 Å². The molecule has 3 aromatic carbocycles. The zero-order valence-corrected chi connectivity index (χ0v) is 26.8. The fourth-order valence-electron chi connectivity index (χ4n) is 6.07. The lowest BCUT2D eigenvalue weighted by Crippen LogP contribution is -2.57. The second kappa shape index (κ2) is 12.3. The Morgan fingerprint density at radius 3 is 2.22 bits per heavy atom. The molecule has 1 aromatic heterocycles. The van der Waals surface area contributed by atoms with Gasteiger partial charge in [0.25, 0.3) is 5.56 Å². The zero-order chi connectivity index (χ0) is 32.7. The van der Waals surface area contributed by atoms with Crippen LogP contribution in [0.4, 0.5) is 14.0 Å². The number of amides is 2. The number of fused-ring (bicyclic) bond motifs is 4. The summed E-state index contributed by atoms with van der Waals surface area (Å²) in [6.07, 6.45) is -1.16. The molecule has 1 saturated heterocycles. The number of carbonyl (C=O) groups is 2. The molecule has 1 aliphatic heterocycles. The molecule has 46 heavy (non-hydrogen) atoms. The number of benzene rings is 3. The summed E-state index contributed by atoms with van der Waals surface area (Å²) in [5.41, 5.74) is 2.94. The standard InChI is InChI=1S/C34H35ClFN5O5/c1-20(37-32(43)45-19-25-23-11-7-5-9-21(23)22-10-6-8-12-24(22)25)30-38-29-27(36)14-13-26(35)28(29)31(42)41(30)40-17-15-39(16-18-40)33(44)46-34(2,3)4/h5-14,20,25H,15-19H2,1-4H3,(H,37,43)/t20-/m0/s1. The Morgan fingerprint density at radius 2 is 1.61 bits per heavy atom. The van der Waals surface area contributed by atoms with Gasteiger partial charge in [0.05, 0.1) is 29.5 Å². The highest BCUT2D eigenvalue weighted by Gasteiger charge is 2.32. The van der Waals surface area contributed by atoms with Crippen molar-refractivity contribution in [3.63, 3.8) is 0 Å². The first-order chi connectivity index (χ1) is 21.9. The summed E-state index contributed by atoms with van der Waals surface area (Å²) in [7, 11) is 0. The predicted molar refractivity (Wildman–Crippen MR) is 173 cm³/mol. The molecule has 1 atom stereocenters. The number of rotatable bonds is 5. The first-order valence-corrected chi connectivity index (χ1v) is 15.6. The summed E-state index contributed by atoms with van der Waals surface area (Å²) >= 11 is 6.37. The third kappa shape index (κ3) is 5.99. The summed E-state index contributed by atoms with van der Waals surface area (Å²) < 4.78 is 27.5. The largest absolute Gasteiger partial charge is 0.449 e. The number of nitrogens with zero attached hydrogens (tertiary/aromatic N) is 4. The lowest BCUT2D eigenvalue weighted by Gasteiger charge is -2.38. The van der Waals surface area contributed by atoms with Crippen LogP contribution in [0.3, 0.4) is 0 Å². The number of halogens is 2. The van der Waals surface area contributed by atoms with Crippen LogP contribution in [0.15, 0.2) is 65.5 Å². The lowest BCUT2D eigenvalue weighted by atomic mass is 9.98. The van der Waals surface area contributed by atoms with E-state index in [0.29, 0.717) is 0 Å². The molecule has 1 aliphatic carbocycles. The maximum atomic E-state index is 15.0. The topological polar surface area (TPSA) is 106 Å². The van der Waals surface area contributed by atoms with Crippen LogP contribution in [0.2, 0.25) is 5.02 Å². The normalized spacial score (nSPS) is 15.3. The maximum absolute atomic E-state index is 15.0. The van der Waals surface area contributed by atoms with E-state index in [1.54, 1.807) is 37.6 Å². The molecule has 2 aliphatic rings. The van der Waals surface area contributed by atoms with Crippen molar-refractivity contribution in [1.29, 1.82) is 0 Å². The highest BCUT2D eigenvalue weighted by Crippen LogP contribution is 2.44. The molecule has 0 unspecified atom stereocenters. The van der Waals surface area contributed by atoms with Crippen LogP contribution in [0.1, 0.15) is 56.6 Å². The van der Waals surface area contributed by atoms with Gasteiger partial charge < -0.3 is 24.7 Å². The zero-order valence-electron chi connectivity index (χ0n) is 26.0. The first-order valence-electron chi connectivity index (χ1n) is 15.2. The van der Waals surface area contributed by atoms with Crippen molar-refractivity contribution in [1.82, 2.24) is 19.9 Å². The summed E-state index contributed by atoms with van der Waals surface area (Å²) in [6.45, 7) is 8.17. The Bertz CT molecular complexity index is 1840. The van der Waals surface area contributed by atoms with E-state index in [-0.39, 0.29) is 60.5 Å². The van der Waals surface area contributed by atoms with Gasteiger partial charge in [-0.2, -0.15) is 0 Å². The van der Waals surface area contributed by atoms with Gasteiger partial charge in [0.15, 0.2) is 5.82 Å². The summed E-state index contributed by atoms with van der Waals surface area (Å²) in [5.74, 6) is -0.756. The highest BCUT2D eigenvalue weighted by molar-refractivity contribution is 6.35. The van der Waals surface area contributed by atoms with Crippen molar-refractivity contribution >= 4 is 34.7 Å². The Labute approximate surface area is 270 Å². The lowest BCUT2D eigenvalue weighted by molar-refractivity contribution is 0.0231. The number of nitrogens with one attached hydrogen (secondary N) is 1. The van der Waals surface area contributed by atoms with Gasteiger partial charge in [0.1, 0.15) is 23.5 Å². The maximum Gasteiger partial charge on any atom is 0.410 e. The number of carbonyl (C=O) groups excluding carboxylic acids is 2. The minimum atomic E-state index is -0.866. The number of ether oxygens (including phenoxy) is 2. The molecular weight excluding hydrogens is 613 g/mol. The minimum absolute atomic E-state index is 0.0544. The van der Waals surface area contributed by atoms with E-state index in [9.17, 15) is 18.8 Å². The number of alkyl carbamates (subject to hydrolysis) is 1. The van der Waals surface area contributed by atoms with E-state index in [1.165, 1.54) is 10.7 Å². The third-order valence-corrected chi connectivity index (χ3v) is 8.50. The van der Waals surface area contributed by atoms with Crippen LogP contribution >= 0.6 is 11.6 Å². The molecule has 4 aromatic rings. The third-order valence-electron chi connectivity index (χ3n) is 8.18. The number of aromatic nitrogens is 2. The average Bonchev–Trinajstić information content (AvgIpc) is 3.34. The Balaban J connectivity index is 1.24. The van der Waals surface area contributed by atoms with Gasteiger partial charge in [-0.1, -0.05) is 60.1 Å². The molecule has 6 rings (SSSR count). The summed E-state index contributed by atoms with van der Waals surface area (Å²) in [5, 5.41) is 4.47. The quantitative estimate of drug-likeness (QED) is 0.284. The fourth-order valence-corrected chi connectivity index (χ4v) is 6.30. The second-order valence-electron chi connectivity index (χ2n) is 12.5. The Morgan fingerprint density at radius 1 is 1.00 bits per heavy atom. The van der Waals surface area contributed by atoms with E-state index >= 15 is 0 Å². The van der Waals surface area contributed by atoms with Gasteiger partial charge in [-0.15, -0.1) is 0 Å². The van der Waals surface area contributed by atoms with E-state index in [0.717, 1.165) is 28.3 Å². The van der Waals surface area contributed by atoms with Crippen molar-refractivity contribution < 1.29 is 23.5 Å². The fraction of sp³-hybridized carbons (Fsp3) is 0.353. The van der Waals surface area contributed by atoms with Crippen LogP contribution in [0, 0.1) is 5.82 Å². The molecule has 0 spiro atoms. The van der Waals surface area contributed by atoms with Crippen LogP contribution in [0.25, 0.3) is 22.0 Å². The highest BCUT2D eigenvalue weighted by atomic mass is 35.5. The van der Waals surface area contributed by atoms with Crippen molar-refractivity contribution in [3.8, 4) is 11.1 Å². The smallest absolute Gasteiger partial charge is 0.410 e.